The summed E-state index contributed by atoms with van der Waals surface area (Å²) in [5.74, 6) is 0. The lowest BCUT2D eigenvalue weighted by Gasteiger charge is -2.19. The number of benzene rings is 2. The van der Waals surface area contributed by atoms with Crippen LogP contribution in [0.3, 0.4) is 0 Å². The van der Waals surface area contributed by atoms with Gasteiger partial charge in [0.05, 0.1) is 0 Å². The van der Waals surface area contributed by atoms with Crippen LogP contribution in [0.1, 0.15) is 26.3 Å². The molecule has 22 heavy (non-hydrogen) atoms. The maximum Gasteiger partial charge on any atom is 0.412 e. The van der Waals surface area contributed by atoms with Gasteiger partial charge in [0, 0.05) is 12.2 Å². The van der Waals surface area contributed by atoms with Crippen LogP contribution in [-0.4, -0.2) is 11.7 Å². The first-order valence-corrected chi connectivity index (χ1v) is 7.27. The summed E-state index contributed by atoms with van der Waals surface area (Å²) < 4.78 is 5.25. The number of ether oxygens (including phenoxy) is 1. The highest BCUT2D eigenvalue weighted by molar-refractivity contribution is 5.86. The first-order chi connectivity index (χ1) is 10.4. The van der Waals surface area contributed by atoms with Crippen LogP contribution in [0.5, 0.6) is 0 Å². The largest absolute Gasteiger partial charge is 0.444 e. The van der Waals surface area contributed by atoms with Crippen molar-refractivity contribution < 1.29 is 9.53 Å². The second-order valence-corrected chi connectivity index (χ2v) is 6.11. The number of nitrogens with one attached hydrogen (secondary N) is 1. The summed E-state index contributed by atoms with van der Waals surface area (Å²) in [6.07, 6.45) is -0.455. The van der Waals surface area contributed by atoms with Gasteiger partial charge in [-0.2, -0.15) is 0 Å². The standard InChI is InChI=1S/C18H22N2O2/c1-18(2,3)22-17(21)20-16-6-4-5-15(11-16)14-9-7-13(12-19)8-10-14/h4-11H,12,19H2,1-3H3,(H,20,21). The van der Waals surface area contributed by atoms with Crippen LogP contribution in [0, 0.1) is 0 Å². The molecule has 116 valence electrons. The molecule has 0 radical (unpaired) electrons. The first kappa shape index (κ1) is 16.0. The highest BCUT2D eigenvalue weighted by atomic mass is 16.6. The predicted molar refractivity (Wildman–Crippen MR) is 89.6 cm³/mol. The van der Waals surface area contributed by atoms with E-state index in [0.29, 0.717) is 12.2 Å². The molecular formula is C18H22N2O2. The van der Waals surface area contributed by atoms with Crippen molar-refractivity contribution in [3.05, 3.63) is 54.1 Å². The minimum atomic E-state index is -0.514. The Hall–Kier alpha value is -2.33. The van der Waals surface area contributed by atoms with Gasteiger partial charge in [-0.3, -0.25) is 5.32 Å². The van der Waals surface area contributed by atoms with E-state index in [-0.39, 0.29) is 0 Å². The van der Waals surface area contributed by atoms with Crippen molar-refractivity contribution in [3.8, 4) is 11.1 Å². The van der Waals surface area contributed by atoms with E-state index in [1.807, 2.05) is 69.3 Å². The lowest BCUT2D eigenvalue weighted by molar-refractivity contribution is 0.0636. The zero-order valence-electron chi connectivity index (χ0n) is 13.2. The Morgan fingerprint density at radius 2 is 1.77 bits per heavy atom. The van der Waals surface area contributed by atoms with E-state index in [2.05, 4.69) is 5.32 Å². The van der Waals surface area contributed by atoms with Gasteiger partial charge in [-0.05, 0) is 49.6 Å². The molecule has 3 N–H and O–H groups in total. The van der Waals surface area contributed by atoms with E-state index in [1.54, 1.807) is 0 Å². The Bertz CT molecular complexity index is 643. The number of carbonyl (C=O) groups is 1. The van der Waals surface area contributed by atoms with Gasteiger partial charge >= 0.3 is 6.09 Å². The minimum absolute atomic E-state index is 0.455. The highest BCUT2D eigenvalue weighted by Crippen LogP contribution is 2.23. The molecule has 2 aromatic rings. The van der Waals surface area contributed by atoms with Crippen LogP contribution in [-0.2, 0) is 11.3 Å². The zero-order valence-corrected chi connectivity index (χ0v) is 13.2. The summed E-state index contributed by atoms with van der Waals surface area (Å²) in [5, 5.41) is 2.75. The van der Waals surface area contributed by atoms with Gasteiger partial charge < -0.3 is 10.5 Å². The third-order valence-corrected chi connectivity index (χ3v) is 3.03. The Morgan fingerprint density at radius 3 is 2.36 bits per heavy atom. The molecule has 2 aromatic carbocycles. The van der Waals surface area contributed by atoms with E-state index in [1.165, 1.54) is 0 Å². The van der Waals surface area contributed by atoms with Crippen molar-refractivity contribution in [1.29, 1.82) is 0 Å². The lowest BCUT2D eigenvalue weighted by Crippen LogP contribution is -2.27. The monoisotopic (exact) mass is 298 g/mol. The van der Waals surface area contributed by atoms with E-state index in [0.717, 1.165) is 16.7 Å². The summed E-state index contributed by atoms with van der Waals surface area (Å²) >= 11 is 0. The van der Waals surface area contributed by atoms with E-state index in [9.17, 15) is 4.79 Å². The second-order valence-electron chi connectivity index (χ2n) is 6.11. The van der Waals surface area contributed by atoms with Gasteiger partial charge in [0.25, 0.3) is 0 Å². The fourth-order valence-electron chi connectivity index (χ4n) is 2.03. The second kappa shape index (κ2) is 6.62. The van der Waals surface area contributed by atoms with E-state index >= 15 is 0 Å². The molecule has 0 heterocycles. The van der Waals surface area contributed by atoms with Crippen LogP contribution in [0.4, 0.5) is 10.5 Å². The summed E-state index contributed by atoms with van der Waals surface area (Å²) in [7, 11) is 0. The fraction of sp³-hybridized carbons (Fsp3) is 0.278. The number of rotatable bonds is 3. The Labute approximate surface area is 131 Å². The van der Waals surface area contributed by atoms with Gasteiger partial charge in [-0.1, -0.05) is 36.4 Å². The average molecular weight is 298 g/mol. The van der Waals surface area contributed by atoms with Crippen molar-refractivity contribution in [3.63, 3.8) is 0 Å². The van der Waals surface area contributed by atoms with Crippen molar-refractivity contribution in [1.82, 2.24) is 0 Å². The van der Waals surface area contributed by atoms with Crippen LogP contribution in [0.2, 0.25) is 0 Å². The van der Waals surface area contributed by atoms with Crippen molar-refractivity contribution in [2.45, 2.75) is 32.9 Å². The van der Waals surface area contributed by atoms with Gasteiger partial charge in [0.2, 0.25) is 0 Å². The molecule has 0 unspecified atom stereocenters. The lowest BCUT2D eigenvalue weighted by atomic mass is 10.0. The summed E-state index contributed by atoms with van der Waals surface area (Å²) in [6.45, 7) is 6.03. The quantitative estimate of drug-likeness (QED) is 0.894. The molecule has 0 saturated heterocycles. The average Bonchev–Trinajstić information content (AvgIpc) is 2.45. The van der Waals surface area contributed by atoms with Crippen molar-refractivity contribution in [2.75, 3.05) is 5.32 Å². The number of nitrogens with two attached hydrogens (primary N) is 1. The van der Waals surface area contributed by atoms with Crippen molar-refractivity contribution >= 4 is 11.8 Å². The third-order valence-electron chi connectivity index (χ3n) is 3.03. The number of hydrogen-bond acceptors (Lipinski definition) is 3. The molecule has 1 amide bonds. The fourth-order valence-corrected chi connectivity index (χ4v) is 2.03. The Morgan fingerprint density at radius 1 is 1.09 bits per heavy atom. The molecule has 4 nitrogen and oxygen atoms in total. The minimum Gasteiger partial charge on any atom is -0.444 e. The molecule has 0 spiro atoms. The summed E-state index contributed by atoms with van der Waals surface area (Å²) in [4.78, 5) is 11.8. The smallest absolute Gasteiger partial charge is 0.412 e. The third kappa shape index (κ3) is 4.60. The summed E-state index contributed by atoms with van der Waals surface area (Å²) in [5.41, 5.74) is 8.98. The molecule has 4 heteroatoms. The molecule has 0 aliphatic rings. The Kier molecular flexibility index (Phi) is 4.83. The van der Waals surface area contributed by atoms with Crippen LogP contribution in [0.15, 0.2) is 48.5 Å². The highest BCUT2D eigenvalue weighted by Gasteiger charge is 2.16. The van der Waals surface area contributed by atoms with Gasteiger partial charge in [0.15, 0.2) is 0 Å². The van der Waals surface area contributed by atoms with Gasteiger partial charge in [-0.15, -0.1) is 0 Å². The summed E-state index contributed by atoms with van der Waals surface area (Å²) in [6, 6.07) is 15.7. The number of hydrogen-bond donors (Lipinski definition) is 2. The molecule has 0 aliphatic heterocycles. The maximum absolute atomic E-state index is 11.8. The maximum atomic E-state index is 11.8. The van der Waals surface area contributed by atoms with Crippen LogP contribution >= 0.6 is 0 Å². The number of amides is 1. The number of anilines is 1. The molecule has 2 rings (SSSR count). The Balaban J connectivity index is 2.14. The molecule has 0 aliphatic carbocycles. The molecule has 0 aromatic heterocycles. The molecule has 0 bridgehead atoms. The first-order valence-electron chi connectivity index (χ1n) is 7.27. The number of carbonyl (C=O) groups excluding carboxylic acids is 1. The van der Waals surface area contributed by atoms with E-state index in [4.69, 9.17) is 10.5 Å². The molecule has 0 fully saturated rings. The molecule has 0 atom stereocenters. The van der Waals surface area contributed by atoms with Crippen LogP contribution in [0.25, 0.3) is 11.1 Å². The SMILES string of the molecule is CC(C)(C)OC(=O)Nc1cccc(-c2ccc(CN)cc2)c1. The zero-order chi connectivity index (χ0) is 16.2. The molecular weight excluding hydrogens is 276 g/mol. The van der Waals surface area contributed by atoms with Gasteiger partial charge in [0.1, 0.15) is 5.60 Å². The van der Waals surface area contributed by atoms with E-state index < -0.39 is 11.7 Å². The van der Waals surface area contributed by atoms with Crippen LogP contribution < -0.4 is 11.1 Å². The van der Waals surface area contributed by atoms with Gasteiger partial charge in [-0.25, -0.2) is 4.79 Å². The molecule has 0 saturated carbocycles. The predicted octanol–water partition coefficient (Wildman–Crippen LogP) is 4.16. The van der Waals surface area contributed by atoms with Crippen molar-refractivity contribution in [2.24, 2.45) is 5.73 Å². The topological polar surface area (TPSA) is 64.3 Å². The normalized spacial score (nSPS) is 11.1.